The van der Waals surface area contributed by atoms with Crippen molar-refractivity contribution in [3.05, 3.63) is 23.7 Å². The smallest absolute Gasteiger partial charge is 0.371 e. The molecule has 1 aromatic rings. The number of carboxylic acids is 1. The van der Waals surface area contributed by atoms with Crippen LogP contribution in [0, 0.1) is 0 Å². The first-order valence-corrected chi connectivity index (χ1v) is 5.21. The van der Waals surface area contributed by atoms with Crippen LogP contribution in [0.3, 0.4) is 0 Å². The number of nitrogens with zero attached hydrogens (tertiary/aromatic N) is 1. The molecule has 0 aliphatic heterocycles. The van der Waals surface area contributed by atoms with Crippen LogP contribution in [-0.4, -0.2) is 60.4 Å². The fourth-order valence-corrected chi connectivity index (χ4v) is 1.40. The van der Waals surface area contributed by atoms with E-state index in [4.69, 9.17) is 14.3 Å². The zero-order chi connectivity index (χ0) is 13.7. The highest BCUT2D eigenvalue weighted by Gasteiger charge is 2.20. The van der Waals surface area contributed by atoms with Gasteiger partial charge >= 0.3 is 5.97 Å². The van der Waals surface area contributed by atoms with Crippen LogP contribution in [0.2, 0.25) is 0 Å². The predicted molar refractivity (Wildman–Crippen MR) is 60.5 cm³/mol. The van der Waals surface area contributed by atoms with Gasteiger partial charge in [0.1, 0.15) is 0 Å². The van der Waals surface area contributed by atoms with Gasteiger partial charge in [0.25, 0.3) is 5.91 Å². The third-order valence-electron chi connectivity index (χ3n) is 2.22. The van der Waals surface area contributed by atoms with Gasteiger partial charge in [0, 0.05) is 20.7 Å². The highest BCUT2D eigenvalue weighted by molar-refractivity contribution is 5.93. The van der Waals surface area contributed by atoms with Crippen molar-refractivity contribution in [3.8, 4) is 0 Å². The number of carboxylic acid groups (broad SMARTS) is 1. The molecule has 0 fully saturated rings. The second-order valence-electron chi connectivity index (χ2n) is 3.76. The number of aliphatic hydroxyl groups excluding tert-OH is 1. The molecule has 1 aromatic heterocycles. The summed E-state index contributed by atoms with van der Waals surface area (Å²) in [5.74, 6) is -2.13. The number of hydrogen-bond acceptors (Lipinski definition) is 5. The Hall–Kier alpha value is -1.86. The topological polar surface area (TPSA) is 100 Å². The van der Waals surface area contributed by atoms with Gasteiger partial charge in [0.05, 0.1) is 12.7 Å². The number of aromatic carboxylic acids is 1. The lowest BCUT2D eigenvalue weighted by atomic mass is 10.3. The highest BCUT2D eigenvalue weighted by atomic mass is 16.5. The monoisotopic (exact) mass is 257 g/mol. The zero-order valence-corrected chi connectivity index (χ0v) is 10.1. The minimum Gasteiger partial charge on any atom is -0.475 e. The molecule has 0 aliphatic rings. The Morgan fingerprint density at radius 1 is 1.44 bits per heavy atom. The van der Waals surface area contributed by atoms with Crippen LogP contribution in [-0.2, 0) is 4.74 Å². The number of furan rings is 1. The normalized spacial score (nSPS) is 12.2. The summed E-state index contributed by atoms with van der Waals surface area (Å²) in [6, 6.07) is 2.49. The minimum atomic E-state index is -1.24. The SMILES string of the molecule is COCC(O)CN(C)C(=O)c1ccc(C(=O)O)o1. The lowest BCUT2D eigenvalue weighted by Crippen LogP contribution is -2.36. The molecule has 0 saturated carbocycles. The van der Waals surface area contributed by atoms with E-state index in [1.807, 2.05) is 0 Å². The molecule has 1 rings (SSSR count). The van der Waals surface area contributed by atoms with Gasteiger partial charge in [-0.1, -0.05) is 0 Å². The molecular formula is C11H15NO6. The van der Waals surface area contributed by atoms with E-state index in [-0.39, 0.29) is 24.7 Å². The maximum absolute atomic E-state index is 11.8. The minimum absolute atomic E-state index is 0.0653. The molecule has 1 atom stereocenters. The molecule has 0 spiro atoms. The number of methoxy groups -OCH3 is 1. The van der Waals surface area contributed by atoms with E-state index in [2.05, 4.69) is 0 Å². The molecule has 7 nitrogen and oxygen atoms in total. The highest BCUT2D eigenvalue weighted by Crippen LogP contribution is 2.10. The van der Waals surface area contributed by atoms with E-state index < -0.39 is 18.0 Å². The van der Waals surface area contributed by atoms with E-state index in [1.165, 1.54) is 31.2 Å². The van der Waals surface area contributed by atoms with Crippen LogP contribution >= 0.6 is 0 Å². The quantitative estimate of drug-likeness (QED) is 0.747. The van der Waals surface area contributed by atoms with Crippen molar-refractivity contribution < 1.29 is 29.0 Å². The summed E-state index contributed by atoms with van der Waals surface area (Å²) < 4.78 is 9.60. The van der Waals surface area contributed by atoms with E-state index in [0.29, 0.717) is 0 Å². The molecule has 0 aliphatic carbocycles. The Balaban J connectivity index is 2.65. The fraction of sp³-hybridized carbons (Fsp3) is 0.455. The standard InChI is InChI=1S/C11H15NO6/c1-12(5-7(13)6-17-2)10(14)8-3-4-9(18-8)11(15)16/h3-4,7,13H,5-6H2,1-2H3,(H,15,16). The first-order valence-electron chi connectivity index (χ1n) is 5.21. The van der Waals surface area contributed by atoms with Gasteiger partial charge in [-0.3, -0.25) is 4.79 Å². The second-order valence-corrected chi connectivity index (χ2v) is 3.76. The van der Waals surface area contributed by atoms with Crippen molar-refractivity contribution in [2.45, 2.75) is 6.10 Å². The number of carbonyl (C=O) groups excluding carboxylic acids is 1. The van der Waals surface area contributed by atoms with E-state index in [0.717, 1.165) is 0 Å². The van der Waals surface area contributed by atoms with Crippen LogP contribution in [0.4, 0.5) is 0 Å². The largest absolute Gasteiger partial charge is 0.475 e. The first-order chi connectivity index (χ1) is 8.45. The zero-order valence-electron chi connectivity index (χ0n) is 10.1. The summed E-state index contributed by atoms with van der Waals surface area (Å²) in [5, 5.41) is 18.1. The van der Waals surface area contributed by atoms with Crippen molar-refractivity contribution in [2.24, 2.45) is 0 Å². The van der Waals surface area contributed by atoms with E-state index >= 15 is 0 Å². The third-order valence-corrected chi connectivity index (χ3v) is 2.22. The van der Waals surface area contributed by atoms with Gasteiger partial charge in [-0.25, -0.2) is 4.79 Å². The number of ether oxygens (including phenoxy) is 1. The number of amides is 1. The number of hydrogen-bond donors (Lipinski definition) is 2. The summed E-state index contributed by atoms with van der Waals surface area (Å²) in [6.45, 7) is 0.173. The molecule has 7 heteroatoms. The number of carbonyl (C=O) groups is 2. The van der Waals surface area contributed by atoms with Crippen molar-refractivity contribution >= 4 is 11.9 Å². The number of rotatable bonds is 6. The number of aliphatic hydroxyl groups is 1. The van der Waals surface area contributed by atoms with Gasteiger partial charge < -0.3 is 24.3 Å². The van der Waals surface area contributed by atoms with Crippen LogP contribution in [0.1, 0.15) is 21.1 Å². The molecule has 1 heterocycles. The van der Waals surface area contributed by atoms with Crippen LogP contribution in [0.25, 0.3) is 0 Å². The fourth-order valence-electron chi connectivity index (χ4n) is 1.40. The van der Waals surface area contributed by atoms with Crippen LogP contribution in [0.15, 0.2) is 16.5 Å². The molecule has 100 valence electrons. The molecule has 2 N–H and O–H groups in total. The van der Waals surface area contributed by atoms with Crippen molar-refractivity contribution in [3.63, 3.8) is 0 Å². The third kappa shape index (κ3) is 3.57. The Labute approximate surface area is 104 Å². The summed E-state index contributed by atoms with van der Waals surface area (Å²) in [5.41, 5.74) is 0. The van der Waals surface area contributed by atoms with Crippen molar-refractivity contribution in [2.75, 3.05) is 27.3 Å². The molecule has 0 radical (unpaired) electrons. The van der Waals surface area contributed by atoms with Crippen LogP contribution in [0.5, 0.6) is 0 Å². The van der Waals surface area contributed by atoms with Crippen molar-refractivity contribution in [1.82, 2.24) is 4.90 Å². The lowest BCUT2D eigenvalue weighted by molar-refractivity contribution is 0.0366. The predicted octanol–water partition coefficient (Wildman–Crippen LogP) is 0.0571. The summed E-state index contributed by atoms with van der Waals surface area (Å²) in [4.78, 5) is 23.6. The molecule has 0 saturated heterocycles. The molecule has 0 bridgehead atoms. The van der Waals surface area contributed by atoms with Gasteiger partial charge in [0.15, 0.2) is 5.76 Å². The van der Waals surface area contributed by atoms with Gasteiger partial charge in [-0.15, -0.1) is 0 Å². The summed E-state index contributed by atoms with van der Waals surface area (Å²) >= 11 is 0. The average Bonchev–Trinajstić information content (AvgIpc) is 2.77. The maximum atomic E-state index is 11.8. The van der Waals surface area contributed by atoms with Gasteiger partial charge in [-0.05, 0) is 12.1 Å². The summed E-state index contributed by atoms with van der Waals surface area (Å²) in [7, 11) is 2.92. The average molecular weight is 257 g/mol. The Kier molecular flexibility index (Phi) is 4.87. The Morgan fingerprint density at radius 2 is 2.06 bits per heavy atom. The molecular weight excluding hydrogens is 242 g/mol. The Morgan fingerprint density at radius 3 is 2.56 bits per heavy atom. The molecule has 1 unspecified atom stereocenters. The first kappa shape index (κ1) is 14.2. The maximum Gasteiger partial charge on any atom is 0.371 e. The van der Waals surface area contributed by atoms with E-state index in [9.17, 15) is 14.7 Å². The van der Waals surface area contributed by atoms with Crippen molar-refractivity contribution in [1.29, 1.82) is 0 Å². The lowest BCUT2D eigenvalue weighted by Gasteiger charge is -2.19. The number of likely N-dealkylation sites (N-methyl/N-ethyl adjacent to an activating group) is 1. The molecule has 18 heavy (non-hydrogen) atoms. The van der Waals surface area contributed by atoms with E-state index in [1.54, 1.807) is 0 Å². The second kappa shape index (κ2) is 6.18. The van der Waals surface area contributed by atoms with Gasteiger partial charge in [0.2, 0.25) is 5.76 Å². The van der Waals surface area contributed by atoms with Crippen LogP contribution < -0.4 is 0 Å². The summed E-state index contributed by atoms with van der Waals surface area (Å²) in [6.07, 6.45) is -0.808. The molecule has 1 amide bonds. The Bertz CT molecular complexity index is 427. The van der Waals surface area contributed by atoms with Gasteiger partial charge in [-0.2, -0.15) is 0 Å². The molecule has 0 aromatic carbocycles.